The van der Waals surface area contributed by atoms with Gasteiger partial charge < -0.3 is 9.52 Å². The molecule has 0 spiro atoms. The number of thioether (sulfide) groups is 1. The van der Waals surface area contributed by atoms with Crippen molar-refractivity contribution in [3.8, 4) is 0 Å². The van der Waals surface area contributed by atoms with Crippen LogP contribution in [0.1, 0.15) is 37.1 Å². The van der Waals surface area contributed by atoms with Crippen LogP contribution in [0.25, 0.3) is 0 Å². The molecule has 2 saturated carbocycles. The van der Waals surface area contributed by atoms with E-state index in [0.29, 0.717) is 17.0 Å². The predicted molar refractivity (Wildman–Crippen MR) is 75.9 cm³/mol. The Balaban J connectivity index is 1.73. The van der Waals surface area contributed by atoms with E-state index >= 15 is 0 Å². The van der Waals surface area contributed by atoms with Gasteiger partial charge in [-0.05, 0) is 45.4 Å². The molecule has 2 fully saturated rings. The molecule has 0 aromatic carbocycles. The zero-order chi connectivity index (χ0) is 14.3. The summed E-state index contributed by atoms with van der Waals surface area (Å²) >= 11 is 1.41. The fraction of sp³-hybridized carbons (Fsp3) is 0.714. The van der Waals surface area contributed by atoms with Crippen molar-refractivity contribution in [3.05, 3.63) is 11.5 Å². The summed E-state index contributed by atoms with van der Waals surface area (Å²) in [4.78, 5) is 16.2. The zero-order valence-electron chi connectivity index (χ0n) is 11.8. The smallest absolute Gasteiger partial charge is 0.325 e. The zero-order valence-corrected chi connectivity index (χ0v) is 12.6. The molecule has 0 bridgehead atoms. The largest absolute Gasteiger partial charge is 0.480 e. The SMILES string of the molecule is Cc1nc(SCC(NC2CC2)(C(=O)O)C2CC2)oc1C. The summed E-state index contributed by atoms with van der Waals surface area (Å²) in [7, 11) is 0. The van der Waals surface area contributed by atoms with Crippen LogP contribution in [0.5, 0.6) is 0 Å². The minimum Gasteiger partial charge on any atom is -0.480 e. The van der Waals surface area contributed by atoms with E-state index in [4.69, 9.17) is 4.42 Å². The monoisotopic (exact) mass is 296 g/mol. The van der Waals surface area contributed by atoms with Gasteiger partial charge in [0.1, 0.15) is 11.3 Å². The molecule has 1 aromatic rings. The van der Waals surface area contributed by atoms with Gasteiger partial charge in [-0.25, -0.2) is 4.98 Å². The molecule has 1 unspecified atom stereocenters. The number of hydrogen-bond donors (Lipinski definition) is 2. The minimum atomic E-state index is -0.817. The van der Waals surface area contributed by atoms with Crippen molar-refractivity contribution in [1.82, 2.24) is 10.3 Å². The molecule has 2 aliphatic carbocycles. The third-order valence-corrected chi connectivity index (χ3v) is 5.15. The van der Waals surface area contributed by atoms with Crippen LogP contribution in [0, 0.1) is 19.8 Å². The Bertz CT molecular complexity index is 503. The van der Waals surface area contributed by atoms with Gasteiger partial charge in [0.05, 0.1) is 5.69 Å². The first kappa shape index (κ1) is 13.9. The van der Waals surface area contributed by atoms with Crippen molar-refractivity contribution in [2.75, 3.05) is 5.75 Å². The number of carboxylic acid groups (broad SMARTS) is 1. The second-order valence-corrected chi connectivity index (χ2v) is 6.81. The molecule has 0 amide bonds. The Morgan fingerprint density at radius 2 is 2.15 bits per heavy atom. The summed E-state index contributed by atoms with van der Waals surface area (Å²) in [6.07, 6.45) is 4.17. The number of oxazole rings is 1. The number of carboxylic acids is 1. The van der Waals surface area contributed by atoms with Gasteiger partial charge in [0.15, 0.2) is 0 Å². The highest BCUT2D eigenvalue weighted by Gasteiger charge is 2.53. The molecule has 1 aromatic heterocycles. The lowest BCUT2D eigenvalue weighted by Crippen LogP contribution is -2.57. The van der Waals surface area contributed by atoms with Crippen molar-refractivity contribution in [1.29, 1.82) is 0 Å². The van der Waals surface area contributed by atoms with Crippen molar-refractivity contribution in [3.63, 3.8) is 0 Å². The van der Waals surface area contributed by atoms with E-state index in [1.807, 2.05) is 13.8 Å². The normalized spacial score (nSPS) is 21.7. The second kappa shape index (κ2) is 5.07. The molecule has 5 nitrogen and oxygen atoms in total. The molecule has 2 aliphatic rings. The molecule has 0 aliphatic heterocycles. The first-order chi connectivity index (χ1) is 9.51. The van der Waals surface area contributed by atoms with Gasteiger partial charge in [0.2, 0.25) is 0 Å². The summed E-state index contributed by atoms with van der Waals surface area (Å²) < 4.78 is 5.54. The quantitative estimate of drug-likeness (QED) is 0.752. The molecule has 1 heterocycles. The van der Waals surface area contributed by atoms with Crippen LogP contribution in [0.15, 0.2) is 9.64 Å². The molecule has 6 heteroatoms. The summed E-state index contributed by atoms with van der Waals surface area (Å²) in [5.74, 6) is 0.780. The van der Waals surface area contributed by atoms with Crippen molar-refractivity contribution in [2.24, 2.45) is 5.92 Å². The third-order valence-electron chi connectivity index (χ3n) is 4.13. The second-order valence-electron chi connectivity index (χ2n) is 5.88. The molecular formula is C14H20N2O3S. The minimum absolute atomic E-state index is 0.241. The summed E-state index contributed by atoms with van der Waals surface area (Å²) in [5, 5.41) is 13.7. The van der Waals surface area contributed by atoms with E-state index in [2.05, 4.69) is 10.3 Å². The van der Waals surface area contributed by atoms with E-state index in [-0.39, 0.29) is 5.92 Å². The lowest BCUT2D eigenvalue weighted by Gasteiger charge is -2.30. The van der Waals surface area contributed by atoms with Gasteiger partial charge in [-0.3, -0.25) is 10.1 Å². The van der Waals surface area contributed by atoms with Gasteiger partial charge in [0, 0.05) is 11.8 Å². The lowest BCUT2D eigenvalue weighted by molar-refractivity contribution is -0.145. The maximum absolute atomic E-state index is 11.8. The summed E-state index contributed by atoms with van der Waals surface area (Å²) in [6.45, 7) is 3.77. The van der Waals surface area contributed by atoms with E-state index in [1.165, 1.54) is 11.8 Å². The first-order valence-corrected chi connectivity index (χ1v) is 8.08. The third kappa shape index (κ3) is 2.72. The highest BCUT2D eigenvalue weighted by atomic mass is 32.2. The number of aryl methyl sites for hydroxylation is 2. The molecule has 1 atom stereocenters. The summed E-state index contributed by atoms with van der Waals surface area (Å²) in [6, 6.07) is 0.375. The van der Waals surface area contributed by atoms with Crippen molar-refractivity contribution >= 4 is 17.7 Å². The maximum atomic E-state index is 11.8. The number of rotatable bonds is 7. The van der Waals surface area contributed by atoms with Crippen LogP contribution in [-0.4, -0.2) is 33.4 Å². The van der Waals surface area contributed by atoms with Gasteiger partial charge in [0.25, 0.3) is 5.22 Å². The number of aliphatic carboxylic acids is 1. The lowest BCUT2D eigenvalue weighted by atomic mass is 9.95. The number of nitrogens with one attached hydrogen (secondary N) is 1. The molecule has 110 valence electrons. The van der Waals surface area contributed by atoms with Crippen LogP contribution in [-0.2, 0) is 4.79 Å². The van der Waals surface area contributed by atoms with Crippen LogP contribution >= 0.6 is 11.8 Å². The van der Waals surface area contributed by atoms with Crippen LogP contribution in [0.2, 0.25) is 0 Å². The average molecular weight is 296 g/mol. The molecule has 20 heavy (non-hydrogen) atoms. The van der Waals surface area contributed by atoms with Gasteiger partial charge >= 0.3 is 5.97 Å². The summed E-state index contributed by atoms with van der Waals surface area (Å²) in [5.41, 5.74) is 0.0530. The van der Waals surface area contributed by atoms with Crippen LogP contribution in [0.4, 0.5) is 0 Å². The number of nitrogens with zero attached hydrogens (tertiary/aromatic N) is 1. The molecular weight excluding hydrogens is 276 g/mol. The van der Waals surface area contributed by atoms with Gasteiger partial charge in [-0.1, -0.05) is 11.8 Å². The van der Waals surface area contributed by atoms with Gasteiger partial charge in [-0.15, -0.1) is 0 Å². The molecule has 3 rings (SSSR count). The van der Waals surface area contributed by atoms with Crippen LogP contribution < -0.4 is 5.32 Å². The van der Waals surface area contributed by atoms with E-state index < -0.39 is 11.5 Å². The molecule has 2 N–H and O–H groups in total. The predicted octanol–water partition coefficient (Wildman–Crippen LogP) is 2.37. The Morgan fingerprint density at radius 1 is 1.45 bits per heavy atom. The first-order valence-electron chi connectivity index (χ1n) is 7.09. The topological polar surface area (TPSA) is 75.4 Å². The van der Waals surface area contributed by atoms with Gasteiger partial charge in [-0.2, -0.15) is 0 Å². The Hall–Kier alpha value is -1.01. The van der Waals surface area contributed by atoms with E-state index in [1.54, 1.807) is 0 Å². The van der Waals surface area contributed by atoms with E-state index in [0.717, 1.165) is 37.1 Å². The number of aromatic nitrogens is 1. The van der Waals surface area contributed by atoms with Crippen molar-refractivity contribution < 1.29 is 14.3 Å². The molecule has 0 saturated heterocycles. The van der Waals surface area contributed by atoms with Crippen LogP contribution in [0.3, 0.4) is 0 Å². The number of carbonyl (C=O) groups is 1. The highest BCUT2D eigenvalue weighted by Crippen LogP contribution is 2.44. The molecule has 0 radical (unpaired) electrons. The van der Waals surface area contributed by atoms with Crippen molar-refractivity contribution in [2.45, 2.75) is 56.3 Å². The Morgan fingerprint density at radius 3 is 2.60 bits per heavy atom. The Kier molecular flexibility index (Phi) is 3.54. The average Bonchev–Trinajstić information content (AvgIpc) is 3.26. The fourth-order valence-electron chi connectivity index (χ4n) is 2.42. The standard InChI is InChI=1S/C14H20N2O3S/c1-8-9(2)19-13(15-8)20-7-14(12(17)18,10-3-4-10)16-11-5-6-11/h10-11,16H,3-7H2,1-2H3,(H,17,18). The highest BCUT2D eigenvalue weighted by molar-refractivity contribution is 7.99. The number of hydrogen-bond acceptors (Lipinski definition) is 5. The fourth-order valence-corrected chi connectivity index (χ4v) is 3.60. The maximum Gasteiger partial charge on any atom is 0.325 e. The van der Waals surface area contributed by atoms with E-state index in [9.17, 15) is 9.90 Å². The Labute approximate surface area is 122 Å².